The van der Waals surface area contributed by atoms with Crippen molar-refractivity contribution in [2.75, 3.05) is 5.75 Å². The van der Waals surface area contributed by atoms with E-state index >= 15 is 0 Å². The molecule has 0 radical (unpaired) electrons. The molecule has 0 saturated heterocycles. The van der Waals surface area contributed by atoms with Crippen molar-refractivity contribution < 1.29 is 19.7 Å². The van der Waals surface area contributed by atoms with Crippen LogP contribution in [0.2, 0.25) is 0 Å². The topological polar surface area (TPSA) is 66.8 Å². The number of ether oxygens (including phenoxy) is 1. The summed E-state index contributed by atoms with van der Waals surface area (Å²) in [5, 5.41) is 20.6. The van der Waals surface area contributed by atoms with Gasteiger partial charge in [-0.3, -0.25) is 0 Å². The lowest BCUT2D eigenvalue weighted by atomic mass is 9.79. The van der Waals surface area contributed by atoms with Gasteiger partial charge in [0.05, 0.1) is 0 Å². The Morgan fingerprint density at radius 2 is 1.45 bits per heavy atom. The van der Waals surface area contributed by atoms with Gasteiger partial charge in [-0.15, -0.1) is 11.8 Å². The second-order valence-corrected chi connectivity index (χ2v) is 11.4. The molecule has 0 saturated carbocycles. The number of carboxylic acids is 1. The van der Waals surface area contributed by atoms with Crippen LogP contribution in [0.15, 0.2) is 47.4 Å². The van der Waals surface area contributed by atoms with Gasteiger partial charge < -0.3 is 14.9 Å². The van der Waals surface area contributed by atoms with Gasteiger partial charge in [0.25, 0.3) is 0 Å². The monoisotopic (exact) mass is 444 g/mol. The number of rotatable bonds is 8. The molecule has 0 aliphatic carbocycles. The van der Waals surface area contributed by atoms with Gasteiger partial charge in [-0.25, -0.2) is 4.79 Å². The van der Waals surface area contributed by atoms with Gasteiger partial charge in [-0.1, -0.05) is 59.7 Å². The Bertz CT molecular complexity index is 859. The van der Waals surface area contributed by atoms with Crippen LogP contribution < -0.4 is 4.74 Å². The number of aliphatic carboxylic acids is 1. The minimum atomic E-state index is -1.27. The summed E-state index contributed by atoms with van der Waals surface area (Å²) < 4.78 is 5.82. The number of thioether (sulfide) groups is 1. The van der Waals surface area contributed by atoms with E-state index in [1.54, 1.807) is 30.8 Å². The maximum Gasteiger partial charge on any atom is 0.347 e. The molecule has 0 aliphatic heterocycles. The molecular weight excluding hydrogens is 408 g/mol. The number of phenolic OH excluding ortho intramolecular Hbond substituents is 1. The number of benzene rings is 2. The first-order chi connectivity index (χ1) is 14.2. The largest absolute Gasteiger partial charge is 0.507 e. The number of phenols is 1. The SMILES string of the molecule is CC(CCCSc1cc(C(C)(C)C)c(O)c(C(C)(C)C)c1)(Oc1ccccc1)C(=O)O. The van der Waals surface area contributed by atoms with Crippen LogP contribution in [0.3, 0.4) is 0 Å². The fourth-order valence-corrected chi connectivity index (χ4v) is 4.31. The molecule has 2 rings (SSSR count). The number of hydrogen-bond acceptors (Lipinski definition) is 4. The first-order valence-corrected chi connectivity index (χ1v) is 11.7. The van der Waals surface area contributed by atoms with E-state index in [-0.39, 0.29) is 10.8 Å². The number of aromatic hydroxyl groups is 1. The third kappa shape index (κ3) is 6.67. The molecule has 0 amide bonds. The number of carboxylic acid groups (broad SMARTS) is 1. The third-order valence-corrected chi connectivity index (χ3v) is 6.37. The minimum absolute atomic E-state index is 0.175. The van der Waals surface area contributed by atoms with Crippen molar-refractivity contribution in [3.8, 4) is 11.5 Å². The van der Waals surface area contributed by atoms with Gasteiger partial charge in [0.2, 0.25) is 5.60 Å². The molecule has 0 fully saturated rings. The number of hydrogen-bond donors (Lipinski definition) is 2. The van der Waals surface area contributed by atoms with Crippen LogP contribution in [0.5, 0.6) is 11.5 Å². The highest BCUT2D eigenvalue weighted by molar-refractivity contribution is 7.99. The molecule has 0 aliphatic rings. The summed E-state index contributed by atoms with van der Waals surface area (Å²) in [5.41, 5.74) is 0.248. The predicted molar refractivity (Wildman–Crippen MR) is 129 cm³/mol. The summed E-state index contributed by atoms with van der Waals surface area (Å²) in [6.45, 7) is 14.2. The highest BCUT2D eigenvalue weighted by atomic mass is 32.2. The summed E-state index contributed by atoms with van der Waals surface area (Å²) in [5.74, 6) is 0.734. The van der Waals surface area contributed by atoms with E-state index in [1.807, 2.05) is 18.2 Å². The molecule has 2 N–H and O–H groups in total. The fraction of sp³-hybridized carbons (Fsp3) is 0.500. The maximum absolute atomic E-state index is 11.9. The lowest BCUT2D eigenvalue weighted by molar-refractivity contribution is -0.154. The standard InChI is InChI=1S/C26H36O4S/c1-24(2,3)20-16-19(17-21(22(20)27)25(4,5)6)31-15-11-14-26(7,23(28)29)30-18-12-9-8-10-13-18/h8-10,12-13,16-17,27H,11,14-15H2,1-7H3,(H,28,29). The van der Waals surface area contributed by atoms with Gasteiger partial charge in [0.15, 0.2) is 0 Å². The molecule has 1 unspecified atom stereocenters. The lowest BCUT2D eigenvalue weighted by Crippen LogP contribution is -2.41. The van der Waals surface area contributed by atoms with E-state index in [0.29, 0.717) is 24.3 Å². The fourth-order valence-electron chi connectivity index (χ4n) is 3.38. The number of para-hydroxylation sites is 1. The Labute approximate surface area is 191 Å². The molecule has 0 heterocycles. The van der Waals surface area contributed by atoms with E-state index in [1.165, 1.54) is 0 Å². The average molecular weight is 445 g/mol. The molecule has 1 atom stereocenters. The van der Waals surface area contributed by atoms with Crippen molar-refractivity contribution >= 4 is 17.7 Å². The number of carbonyl (C=O) groups is 1. The van der Waals surface area contributed by atoms with Gasteiger partial charge >= 0.3 is 5.97 Å². The molecule has 4 nitrogen and oxygen atoms in total. The average Bonchev–Trinajstić information content (AvgIpc) is 2.65. The van der Waals surface area contributed by atoms with E-state index < -0.39 is 11.6 Å². The summed E-state index contributed by atoms with van der Waals surface area (Å²) in [4.78, 5) is 13.0. The Hall–Kier alpha value is -2.14. The minimum Gasteiger partial charge on any atom is -0.507 e. The Balaban J connectivity index is 2.13. The van der Waals surface area contributed by atoms with Crippen LogP contribution in [-0.4, -0.2) is 27.5 Å². The molecule has 170 valence electrons. The molecule has 0 bridgehead atoms. The zero-order valence-electron chi connectivity index (χ0n) is 19.8. The normalized spacial score (nSPS) is 14.2. The maximum atomic E-state index is 11.9. The van der Waals surface area contributed by atoms with Crippen molar-refractivity contribution in [1.29, 1.82) is 0 Å². The molecule has 2 aromatic carbocycles. The van der Waals surface area contributed by atoms with Crippen LogP contribution >= 0.6 is 11.8 Å². The van der Waals surface area contributed by atoms with Crippen molar-refractivity contribution in [1.82, 2.24) is 0 Å². The van der Waals surface area contributed by atoms with Crippen molar-refractivity contribution in [2.45, 2.75) is 82.6 Å². The van der Waals surface area contributed by atoms with Crippen molar-refractivity contribution in [3.05, 3.63) is 53.6 Å². The summed E-state index contributed by atoms with van der Waals surface area (Å²) >= 11 is 1.69. The van der Waals surface area contributed by atoms with E-state index in [4.69, 9.17) is 4.74 Å². The first-order valence-electron chi connectivity index (χ1n) is 10.7. The van der Waals surface area contributed by atoms with Crippen LogP contribution in [-0.2, 0) is 15.6 Å². The van der Waals surface area contributed by atoms with Gasteiger partial charge in [-0.05, 0) is 60.6 Å². The molecule has 0 spiro atoms. The lowest BCUT2D eigenvalue weighted by Gasteiger charge is -2.28. The van der Waals surface area contributed by atoms with E-state index in [2.05, 4.69) is 53.7 Å². The van der Waals surface area contributed by atoms with Crippen LogP contribution in [0.25, 0.3) is 0 Å². The highest BCUT2D eigenvalue weighted by Crippen LogP contribution is 2.42. The van der Waals surface area contributed by atoms with Gasteiger partial charge in [-0.2, -0.15) is 0 Å². The quantitative estimate of drug-likeness (QED) is 0.347. The smallest absolute Gasteiger partial charge is 0.347 e. The van der Waals surface area contributed by atoms with Crippen LogP contribution in [0.1, 0.15) is 72.4 Å². The van der Waals surface area contributed by atoms with Crippen molar-refractivity contribution in [2.24, 2.45) is 0 Å². The molecule has 31 heavy (non-hydrogen) atoms. The first kappa shape index (κ1) is 25.1. The molecular formula is C26H36O4S. The zero-order chi connectivity index (χ0) is 23.4. The third-order valence-electron chi connectivity index (χ3n) is 5.31. The summed E-state index contributed by atoms with van der Waals surface area (Å²) in [6, 6.07) is 13.2. The van der Waals surface area contributed by atoms with Crippen molar-refractivity contribution in [3.63, 3.8) is 0 Å². The Kier molecular flexibility index (Phi) is 7.75. The zero-order valence-corrected chi connectivity index (χ0v) is 20.6. The highest BCUT2D eigenvalue weighted by Gasteiger charge is 2.35. The van der Waals surface area contributed by atoms with Gasteiger partial charge in [0, 0.05) is 16.0 Å². The van der Waals surface area contributed by atoms with Gasteiger partial charge in [0.1, 0.15) is 11.5 Å². The van der Waals surface area contributed by atoms with E-state index in [0.717, 1.165) is 21.8 Å². The second kappa shape index (κ2) is 9.56. The second-order valence-electron chi connectivity index (χ2n) is 10.3. The molecule has 0 aromatic heterocycles. The Morgan fingerprint density at radius 3 is 1.90 bits per heavy atom. The van der Waals surface area contributed by atoms with E-state index in [9.17, 15) is 15.0 Å². The van der Waals surface area contributed by atoms with Crippen LogP contribution in [0, 0.1) is 0 Å². The summed E-state index contributed by atoms with van der Waals surface area (Å²) in [7, 11) is 0. The molecule has 5 heteroatoms. The van der Waals surface area contributed by atoms with Crippen LogP contribution in [0.4, 0.5) is 0 Å². The summed E-state index contributed by atoms with van der Waals surface area (Å²) in [6.07, 6.45) is 1.09. The Morgan fingerprint density at radius 1 is 0.935 bits per heavy atom. The predicted octanol–water partition coefficient (Wildman–Crippen LogP) is 6.78. The molecule has 2 aromatic rings.